The molecule has 0 aromatic carbocycles. The Kier molecular flexibility index (Phi) is 4.52. The van der Waals surface area contributed by atoms with Crippen molar-refractivity contribution in [2.45, 2.75) is 20.5 Å². The van der Waals surface area contributed by atoms with E-state index in [4.69, 9.17) is 4.74 Å². The molecule has 1 aromatic heterocycles. The molecule has 0 aliphatic carbocycles. The molecule has 0 saturated carbocycles. The Morgan fingerprint density at radius 1 is 1.47 bits per heavy atom. The molecule has 15 heavy (non-hydrogen) atoms. The quantitative estimate of drug-likeness (QED) is 0.718. The fourth-order valence-electron chi connectivity index (χ4n) is 1.48. The average molecular weight is 210 g/mol. The van der Waals surface area contributed by atoms with Gasteiger partial charge >= 0.3 is 0 Å². The Balaban J connectivity index is 2.84. The van der Waals surface area contributed by atoms with Crippen LogP contribution in [0.1, 0.15) is 16.8 Å². The Bertz CT molecular complexity index is 327. The SMILES string of the molecule is COCCNc1nc(C)cc(C)c1CO. The fourth-order valence-corrected chi connectivity index (χ4v) is 1.48. The van der Waals surface area contributed by atoms with E-state index in [2.05, 4.69) is 10.3 Å². The molecular weight excluding hydrogens is 192 g/mol. The van der Waals surface area contributed by atoms with Gasteiger partial charge in [-0.1, -0.05) is 0 Å². The number of aryl methyl sites for hydroxylation is 2. The molecule has 0 amide bonds. The van der Waals surface area contributed by atoms with E-state index in [-0.39, 0.29) is 6.61 Å². The summed E-state index contributed by atoms with van der Waals surface area (Å²) in [7, 11) is 1.66. The molecule has 2 N–H and O–H groups in total. The summed E-state index contributed by atoms with van der Waals surface area (Å²) >= 11 is 0. The maximum atomic E-state index is 9.24. The first-order valence-electron chi connectivity index (χ1n) is 4.99. The minimum atomic E-state index is 0.00836. The summed E-state index contributed by atoms with van der Waals surface area (Å²) in [6, 6.07) is 1.97. The summed E-state index contributed by atoms with van der Waals surface area (Å²) in [4.78, 5) is 4.35. The zero-order chi connectivity index (χ0) is 11.3. The van der Waals surface area contributed by atoms with Crippen molar-refractivity contribution in [2.75, 3.05) is 25.6 Å². The number of aliphatic hydroxyl groups excluding tert-OH is 1. The molecule has 4 nitrogen and oxygen atoms in total. The molecule has 0 fully saturated rings. The molecule has 0 saturated heterocycles. The molecule has 84 valence electrons. The van der Waals surface area contributed by atoms with Gasteiger partial charge in [-0.25, -0.2) is 4.98 Å². The Morgan fingerprint density at radius 3 is 2.80 bits per heavy atom. The topological polar surface area (TPSA) is 54.4 Å². The highest BCUT2D eigenvalue weighted by atomic mass is 16.5. The summed E-state index contributed by atoms with van der Waals surface area (Å²) in [6.07, 6.45) is 0. The summed E-state index contributed by atoms with van der Waals surface area (Å²) in [6.45, 7) is 5.24. The monoisotopic (exact) mass is 210 g/mol. The number of nitrogens with zero attached hydrogens (tertiary/aromatic N) is 1. The molecule has 1 heterocycles. The van der Waals surface area contributed by atoms with E-state index in [0.717, 1.165) is 22.6 Å². The van der Waals surface area contributed by atoms with Crippen LogP contribution in [0.5, 0.6) is 0 Å². The minimum absolute atomic E-state index is 0.00836. The molecule has 0 spiro atoms. The van der Waals surface area contributed by atoms with Crippen molar-refractivity contribution >= 4 is 5.82 Å². The lowest BCUT2D eigenvalue weighted by atomic mass is 10.1. The van der Waals surface area contributed by atoms with Crippen molar-refractivity contribution in [3.8, 4) is 0 Å². The third-order valence-electron chi connectivity index (χ3n) is 2.23. The first-order valence-corrected chi connectivity index (χ1v) is 4.99. The van der Waals surface area contributed by atoms with E-state index in [0.29, 0.717) is 13.2 Å². The molecule has 1 rings (SSSR count). The van der Waals surface area contributed by atoms with Crippen LogP contribution in [-0.2, 0) is 11.3 Å². The molecule has 0 bridgehead atoms. The summed E-state index contributed by atoms with van der Waals surface area (Å²) in [5.74, 6) is 0.757. The van der Waals surface area contributed by atoms with Crippen LogP contribution < -0.4 is 5.32 Å². The predicted octanol–water partition coefficient (Wildman–Crippen LogP) is 1.25. The van der Waals surface area contributed by atoms with Crippen LogP contribution in [0, 0.1) is 13.8 Å². The summed E-state index contributed by atoms with van der Waals surface area (Å²) < 4.78 is 4.94. The van der Waals surface area contributed by atoms with E-state index >= 15 is 0 Å². The summed E-state index contributed by atoms with van der Waals surface area (Å²) in [5, 5.41) is 12.4. The largest absolute Gasteiger partial charge is 0.392 e. The van der Waals surface area contributed by atoms with Gasteiger partial charge < -0.3 is 15.2 Å². The molecule has 0 radical (unpaired) electrons. The standard InChI is InChI=1S/C11H18N2O2/c1-8-6-9(2)13-11(10(8)7-14)12-4-5-15-3/h6,14H,4-5,7H2,1-3H3,(H,12,13). The maximum Gasteiger partial charge on any atom is 0.132 e. The number of anilines is 1. The average Bonchev–Trinajstić information content (AvgIpc) is 2.17. The highest BCUT2D eigenvalue weighted by molar-refractivity contribution is 5.48. The lowest BCUT2D eigenvalue weighted by molar-refractivity contribution is 0.210. The zero-order valence-electron chi connectivity index (χ0n) is 9.50. The first-order chi connectivity index (χ1) is 7.19. The number of aromatic nitrogens is 1. The van der Waals surface area contributed by atoms with Gasteiger partial charge in [-0.05, 0) is 25.5 Å². The van der Waals surface area contributed by atoms with Gasteiger partial charge in [-0.2, -0.15) is 0 Å². The molecule has 0 atom stereocenters. The van der Waals surface area contributed by atoms with Crippen LogP contribution in [0.2, 0.25) is 0 Å². The number of ether oxygens (including phenoxy) is 1. The van der Waals surface area contributed by atoms with Gasteiger partial charge in [0.2, 0.25) is 0 Å². The Morgan fingerprint density at radius 2 is 2.20 bits per heavy atom. The van der Waals surface area contributed by atoms with E-state index in [1.807, 2.05) is 19.9 Å². The first kappa shape index (κ1) is 11.9. The molecule has 0 aliphatic rings. The van der Waals surface area contributed by atoms with E-state index in [1.165, 1.54) is 0 Å². The van der Waals surface area contributed by atoms with Crippen LogP contribution in [0.3, 0.4) is 0 Å². The van der Waals surface area contributed by atoms with Crippen molar-refractivity contribution in [2.24, 2.45) is 0 Å². The zero-order valence-corrected chi connectivity index (χ0v) is 9.50. The van der Waals surface area contributed by atoms with E-state index < -0.39 is 0 Å². The number of hydrogen-bond donors (Lipinski definition) is 2. The Labute approximate surface area is 90.3 Å². The minimum Gasteiger partial charge on any atom is -0.392 e. The predicted molar refractivity (Wildman–Crippen MR) is 60.0 cm³/mol. The number of hydrogen-bond acceptors (Lipinski definition) is 4. The normalized spacial score (nSPS) is 10.4. The second kappa shape index (κ2) is 5.68. The smallest absolute Gasteiger partial charge is 0.132 e. The van der Waals surface area contributed by atoms with Crippen LogP contribution >= 0.6 is 0 Å². The van der Waals surface area contributed by atoms with E-state index in [1.54, 1.807) is 7.11 Å². The van der Waals surface area contributed by atoms with Gasteiger partial charge in [0.05, 0.1) is 13.2 Å². The summed E-state index contributed by atoms with van der Waals surface area (Å²) in [5.41, 5.74) is 2.87. The van der Waals surface area contributed by atoms with Crippen LogP contribution in [0.25, 0.3) is 0 Å². The van der Waals surface area contributed by atoms with Crippen molar-refractivity contribution < 1.29 is 9.84 Å². The Hall–Kier alpha value is -1.13. The van der Waals surface area contributed by atoms with Crippen molar-refractivity contribution in [1.29, 1.82) is 0 Å². The third kappa shape index (κ3) is 3.18. The van der Waals surface area contributed by atoms with E-state index in [9.17, 15) is 5.11 Å². The molecule has 1 aromatic rings. The van der Waals surface area contributed by atoms with Crippen LogP contribution in [-0.4, -0.2) is 30.4 Å². The second-order valence-electron chi connectivity index (χ2n) is 3.49. The third-order valence-corrected chi connectivity index (χ3v) is 2.23. The number of methoxy groups -OCH3 is 1. The second-order valence-corrected chi connectivity index (χ2v) is 3.49. The number of rotatable bonds is 5. The molecular formula is C11H18N2O2. The number of nitrogens with one attached hydrogen (secondary N) is 1. The van der Waals surface area contributed by atoms with Gasteiger partial charge in [0.1, 0.15) is 5.82 Å². The van der Waals surface area contributed by atoms with Crippen molar-refractivity contribution in [1.82, 2.24) is 4.98 Å². The van der Waals surface area contributed by atoms with Crippen molar-refractivity contribution in [3.63, 3.8) is 0 Å². The fraction of sp³-hybridized carbons (Fsp3) is 0.545. The van der Waals surface area contributed by atoms with Gasteiger partial charge in [-0.15, -0.1) is 0 Å². The van der Waals surface area contributed by atoms with Gasteiger partial charge in [0.25, 0.3) is 0 Å². The number of aliphatic hydroxyl groups is 1. The lowest BCUT2D eigenvalue weighted by Crippen LogP contribution is -2.12. The van der Waals surface area contributed by atoms with Crippen LogP contribution in [0.15, 0.2) is 6.07 Å². The van der Waals surface area contributed by atoms with Gasteiger partial charge in [0.15, 0.2) is 0 Å². The highest BCUT2D eigenvalue weighted by Crippen LogP contribution is 2.18. The molecule has 0 aliphatic heterocycles. The van der Waals surface area contributed by atoms with Crippen molar-refractivity contribution in [3.05, 3.63) is 22.9 Å². The van der Waals surface area contributed by atoms with Crippen LogP contribution in [0.4, 0.5) is 5.82 Å². The lowest BCUT2D eigenvalue weighted by Gasteiger charge is -2.12. The molecule has 4 heteroatoms. The highest BCUT2D eigenvalue weighted by Gasteiger charge is 2.06. The maximum absolute atomic E-state index is 9.24. The van der Waals surface area contributed by atoms with Gasteiger partial charge in [-0.3, -0.25) is 0 Å². The molecule has 0 unspecified atom stereocenters. The van der Waals surface area contributed by atoms with Gasteiger partial charge in [0, 0.05) is 24.9 Å². The number of pyridine rings is 1.